The number of ether oxygens (including phenoxy) is 2. The second kappa shape index (κ2) is 9.20. The minimum Gasteiger partial charge on any atom is -0.462 e. The first kappa shape index (κ1) is 21.7. The van der Waals surface area contributed by atoms with Gasteiger partial charge in [0, 0.05) is 5.69 Å². The molecule has 4 N–H and O–H groups in total. The largest absolute Gasteiger partial charge is 0.573 e. The first-order valence-corrected chi connectivity index (χ1v) is 9.03. The Kier molecular flexibility index (Phi) is 6.43. The number of carbonyl (C=O) groups excluding carboxylic acids is 1. The smallest absolute Gasteiger partial charge is 0.462 e. The molecule has 0 unspecified atom stereocenters. The number of aromatic nitrogens is 2. The third-order valence-electron chi connectivity index (χ3n) is 3.91. The Bertz CT molecular complexity index is 1060. The van der Waals surface area contributed by atoms with Gasteiger partial charge in [0.05, 0.1) is 17.9 Å². The van der Waals surface area contributed by atoms with Crippen molar-refractivity contribution in [3.8, 4) is 5.75 Å². The highest BCUT2D eigenvalue weighted by Gasteiger charge is 2.31. The van der Waals surface area contributed by atoms with Gasteiger partial charge in [-0.1, -0.05) is 12.1 Å². The highest BCUT2D eigenvalue weighted by molar-refractivity contribution is 5.97. The molecular formula is C20H18F3N5O3. The molecule has 0 aliphatic rings. The average Bonchev–Trinajstić information content (AvgIpc) is 2.72. The van der Waals surface area contributed by atoms with Crippen LogP contribution in [0.15, 0.2) is 54.9 Å². The molecule has 2 aromatic carbocycles. The van der Waals surface area contributed by atoms with E-state index in [1.54, 1.807) is 31.2 Å². The molecule has 0 fully saturated rings. The predicted molar refractivity (Wildman–Crippen MR) is 109 cm³/mol. The second-order valence-electron chi connectivity index (χ2n) is 6.07. The van der Waals surface area contributed by atoms with Crippen molar-refractivity contribution in [2.75, 3.05) is 23.0 Å². The summed E-state index contributed by atoms with van der Waals surface area (Å²) in [6.07, 6.45) is -3.53. The summed E-state index contributed by atoms with van der Waals surface area (Å²) < 4.78 is 45.7. The van der Waals surface area contributed by atoms with E-state index in [-0.39, 0.29) is 29.7 Å². The first-order valence-electron chi connectivity index (χ1n) is 9.03. The van der Waals surface area contributed by atoms with Crippen LogP contribution in [0, 0.1) is 0 Å². The summed E-state index contributed by atoms with van der Waals surface area (Å²) in [5.74, 6) is -0.411. The van der Waals surface area contributed by atoms with E-state index in [0.29, 0.717) is 16.9 Å². The Morgan fingerprint density at radius 2 is 1.68 bits per heavy atom. The minimum absolute atomic E-state index is 0.136. The fraction of sp³-hybridized carbons (Fsp3) is 0.150. The molecule has 3 rings (SSSR count). The predicted octanol–water partition coefficient (Wildman–Crippen LogP) is 4.62. The van der Waals surface area contributed by atoms with E-state index < -0.39 is 12.3 Å². The van der Waals surface area contributed by atoms with Gasteiger partial charge in [-0.05, 0) is 43.3 Å². The number of nitrogens with one attached hydrogen (secondary N) is 2. The van der Waals surface area contributed by atoms with Crippen LogP contribution in [0.4, 0.5) is 41.9 Å². The first-order chi connectivity index (χ1) is 14.8. The van der Waals surface area contributed by atoms with Crippen LogP contribution in [0.3, 0.4) is 0 Å². The summed E-state index contributed by atoms with van der Waals surface area (Å²) in [6.45, 7) is 1.93. The van der Waals surface area contributed by atoms with Crippen molar-refractivity contribution >= 4 is 34.7 Å². The summed E-state index contributed by atoms with van der Waals surface area (Å²) >= 11 is 0. The van der Waals surface area contributed by atoms with Crippen LogP contribution in [0.1, 0.15) is 17.3 Å². The molecule has 0 bridgehead atoms. The Balaban J connectivity index is 1.79. The standard InChI is InChI=1S/C20H18F3N5O3/c1-2-30-19(29)14-5-3-4-6-15(14)28-18-16(24)17(25-11-26-18)27-12-7-9-13(10-8-12)31-20(21,22)23/h3-11H,2,24H2,1H3,(H2,25,26,27,28). The molecule has 31 heavy (non-hydrogen) atoms. The molecule has 1 aromatic heterocycles. The average molecular weight is 433 g/mol. The number of nitrogens with zero attached hydrogens (tertiary/aromatic N) is 2. The number of para-hydroxylation sites is 1. The molecule has 8 nitrogen and oxygen atoms in total. The molecule has 11 heteroatoms. The molecular weight excluding hydrogens is 415 g/mol. The number of anilines is 5. The minimum atomic E-state index is -4.77. The summed E-state index contributed by atoms with van der Waals surface area (Å²) in [7, 11) is 0. The molecule has 0 amide bonds. The lowest BCUT2D eigenvalue weighted by Crippen LogP contribution is -2.17. The van der Waals surface area contributed by atoms with E-state index >= 15 is 0 Å². The monoisotopic (exact) mass is 433 g/mol. The van der Waals surface area contributed by atoms with Crippen LogP contribution < -0.4 is 21.1 Å². The number of benzene rings is 2. The number of hydrogen-bond acceptors (Lipinski definition) is 8. The maximum Gasteiger partial charge on any atom is 0.573 e. The number of esters is 1. The third-order valence-corrected chi connectivity index (χ3v) is 3.91. The van der Waals surface area contributed by atoms with Gasteiger partial charge in [0.2, 0.25) is 0 Å². The van der Waals surface area contributed by atoms with Crippen LogP contribution in [0.2, 0.25) is 0 Å². The highest BCUT2D eigenvalue weighted by atomic mass is 19.4. The lowest BCUT2D eigenvalue weighted by molar-refractivity contribution is -0.274. The maximum atomic E-state index is 12.3. The molecule has 0 spiro atoms. The maximum absolute atomic E-state index is 12.3. The number of nitrogens with two attached hydrogens (primary N) is 1. The summed E-state index contributed by atoms with van der Waals surface area (Å²) in [4.78, 5) is 20.3. The zero-order valence-electron chi connectivity index (χ0n) is 16.2. The lowest BCUT2D eigenvalue weighted by Gasteiger charge is -2.15. The van der Waals surface area contributed by atoms with E-state index in [4.69, 9.17) is 10.5 Å². The summed E-state index contributed by atoms with van der Waals surface area (Å²) in [5.41, 5.74) is 7.44. The number of rotatable bonds is 7. The van der Waals surface area contributed by atoms with Gasteiger partial charge in [-0.2, -0.15) is 0 Å². The molecule has 0 atom stereocenters. The highest BCUT2D eigenvalue weighted by Crippen LogP contribution is 2.30. The fourth-order valence-corrected chi connectivity index (χ4v) is 2.58. The van der Waals surface area contributed by atoms with Gasteiger partial charge in [-0.25, -0.2) is 14.8 Å². The third kappa shape index (κ3) is 5.75. The molecule has 162 valence electrons. The van der Waals surface area contributed by atoms with E-state index in [2.05, 4.69) is 25.3 Å². The van der Waals surface area contributed by atoms with Gasteiger partial charge in [0.25, 0.3) is 0 Å². The Morgan fingerprint density at radius 3 is 2.32 bits per heavy atom. The van der Waals surface area contributed by atoms with Crippen LogP contribution in [0.5, 0.6) is 5.75 Å². The topological polar surface area (TPSA) is 111 Å². The van der Waals surface area contributed by atoms with E-state index in [1.807, 2.05) is 0 Å². The number of halogens is 3. The van der Waals surface area contributed by atoms with Gasteiger partial charge in [-0.3, -0.25) is 0 Å². The van der Waals surface area contributed by atoms with Crippen molar-refractivity contribution in [1.82, 2.24) is 9.97 Å². The van der Waals surface area contributed by atoms with Gasteiger partial charge < -0.3 is 25.8 Å². The normalized spacial score (nSPS) is 11.0. The second-order valence-corrected chi connectivity index (χ2v) is 6.07. The quantitative estimate of drug-likeness (QED) is 0.463. The summed E-state index contributed by atoms with van der Waals surface area (Å²) in [6, 6.07) is 11.8. The number of carbonyl (C=O) groups is 1. The molecule has 0 radical (unpaired) electrons. The van der Waals surface area contributed by atoms with Crippen LogP contribution in [-0.2, 0) is 4.74 Å². The van der Waals surface area contributed by atoms with Gasteiger partial charge >= 0.3 is 12.3 Å². The van der Waals surface area contributed by atoms with Crippen molar-refractivity contribution in [2.24, 2.45) is 0 Å². The van der Waals surface area contributed by atoms with Crippen molar-refractivity contribution in [1.29, 1.82) is 0 Å². The van der Waals surface area contributed by atoms with E-state index in [9.17, 15) is 18.0 Å². The SMILES string of the molecule is CCOC(=O)c1ccccc1Nc1ncnc(Nc2ccc(OC(F)(F)F)cc2)c1N. The van der Waals surface area contributed by atoms with Crippen molar-refractivity contribution < 1.29 is 27.4 Å². The fourth-order valence-electron chi connectivity index (χ4n) is 2.58. The number of alkyl halides is 3. The van der Waals surface area contributed by atoms with Crippen LogP contribution in [-0.4, -0.2) is 28.9 Å². The van der Waals surface area contributed by atoms with Crippen LogP contribution in [0.25, 0.3) is 0 Å². The van der Waals surface area contributed by atoms with Crippen molar-refractivity contribution in [3.05, 3.63) is 60.4 Å². The Hall–Kier alpha value is -4.02. The lowest BCUT2D eigenvalue weighted by atomic mass is 10.2. The van der Waals surface area contributed by atoms with Gasteiger partial charge in [0.1, 0.15) is 17.8 Å². The van der Waals surface area contributed by atoms with Crippen LogP contribution >= 0.6 is 0 Å². The van der Waals surface area contributed by atoms with Crippen molar-refractivity contribution in [3.63, 3.8) is 0 Å². The number of hydrogen-bond donors (Lipinski definition) is 3. The molecule has 0 saturated heterocycles. The van der Waals surface area contributed by atoms with Gasteiger partial charge in [0.15, 0.2) is 11.6 Å². The zero-order chi connectivity index (χ0) is 22.4. The number of nitrogen functional groups attached to an aromatic ring is 1. The Morgan fingerprint density at radius 1 is 1.03 bits per heavy atom. The Labute approximate surface area is 175 Å². The molecule has 0 aliphatic heterocycles. The van der Waals surface area contributed by atoms with E-state index in [1.165, 1.54) is 18.5 Å². The van der Waals surface area contributed by atoms with E-state index in [0.717, 1.165) is 12.1 Å². The molecule has 0 saturated carbocycles. The van der Waals surface area contributed by atoms with Crippen molar-refractivity contribution in [2.45, 2.75) is 13.3 Å². The molecule has 1 heterocycles. The summed E-state index contributed by atoms with van der Waals surface area (Å²) in [5, 5.41) is 5.88. The van der Waals surface area contributed by atoms with Gasteiger partial charge in [-0.15, -0.1) is 13.2 Å². The molecule has 0 aliphatic carbocycles. The zero-order valence-corrected chi connectivity index (χ0v) is 16.2. The molecule has 3 aromatic rings.